The normalized spacial score (nSPS) is 14.6. The Morgan fingerprint density at radius 2 is 2.00 bits per heavy atom. The number of ether oxygens (including phenoxy) is 2. The van der Waals surface area contributed by atoms with Crippen LogP contribution in [0.3, 0.4) is 0 Å². The van der Waals surface area contributed by atoms with Gasteiger partial charge in [-0.15, -0.1) is 0 Å². The zero-order valence-corrected chi connectivity index (χ0v) is 15.4. The van der Waals surface area contributed by atoms with Gasteiger partial charge in [-0.05, 0) is 56.5 Å². The van der Waals surface area contributed by atoms with Crippen LogP contribution in [0.25, 0.3) is 0 Å². The average molecular weight is 354 g/mol. The van der Waals surface area contributed by atoms with Crippen LogP contribution in [0.5, 0.6) is 11.5 Å². The summed E-state index contributed by atoms with van der Waals surface area (Å²) >= 11 is 0. The summed E-state index contributed by atoms with van der Waals surface area (Å²) < 4.78 is 11.0. The van der Waals surface area contributed by atoms with Gasteiger partial charge in [0, 0.05) is 5.56 Å². The van der Waals surface area contributed by atoms with Crippen molar-refractivity contribution in [3.05, 3.63) is 59.2 Å². The maximum atomic E-state index is 12.8. The Balaban J connectivity index is 1.76. The van der Waals surface area contributed by atoms with E-state index in [4.69, 9.17) is 15.2 Å². The van der Waals surface area contributed by atoms with Gasteiger partial charge < -0.3 is 20.5 Å². The molecule has 1 amide bonds. The van der Waals surface area contributed by atoms with E-state index in [9.17, 15) is 4.79 Å². The molecule has 5 heteroatoms. The molecule has 0 atom stereocenters. The molecule has 0 heterocycles. The van der Waals surface area contributed by atoms with Gasteiger partial charge in [-0.3, -0.25) is 4.79 Å². The molecule has 0 spiro atoms. The highest BCUT2D eigenvalue weighted by Gasteiger charge is 2.45. The van der Waals surface area contributed by atoms with Crippen molar-refractivity contribution in [1.82, 2.24) is 5.32 Å². The van der Waals surface area contributed by atoms with Crippen molar-refractivity contribution in [1.29, 1.82) is 0 Å². The van der Waals surface area contributed by atoms with E-state index in [1.165, 1.54) is 11.1 Å². The van der Waals surface area contributed by atoms with Gasteiger partial charge >= 0.3 is 0 Å². The summed E-state index contributed by atoms with van der Waals surface area (Å²) in [6, 6.07) is 13.6. The Hall–Kier alpha value is -2.53. The molecule has 0 aromatic heterocycles. The molecule has 1 fully saturated rings. The summed E-state index contributed by atoms with van der Waals surface area (Å²) in [4.78, 5) is 12.8. The summed E-state index contributed by atoms with van der Waals surface area (Å²) in [5.41, 5.74) is 8.19. The lowest BCUT2D eigenvalue weighted by Crippen LogP contribution is -2.34. The standard InChI is InChI=1S/C21H26N2O3/c1-15-5-3-6-17(13-15)21(9-10-21)23-20(24)16-7-8-18(25-2)19(14-16)26-12-4-11-22/h3,5-8,13-14H,4,9-12,22H2,1-2H3,(H,23,24). The minimum absolute atomic E-state index is 0.102. The highest BCUT2D eigenvalue weighted by Crippen LogP contribution is 2.46. The minimum atomic E-state index is -0.246. The number of nitrogens with one attached hydrogen (secondary N) is 1. The third-order valence-corrected chi connectivity index (χ3v) is 4.71. The second-order valence-electron chi connectivity index (χ2n) is 6.76. The second-order valence-corrected chi connectivity index (χ2v) is 6.76. The van der Waals surface area contributed by atoms with Crippen LogP contribution in [0.2, 0.25) is 0 Å². The van der Waals surface area contributed by atoms with Crippen LogP contribution in [-0.2, 0) is 5.54 Å². The lowest BCUT2D eigenvalue weighted by molar-refractivity contribution is 0.0930. The number of aryl methyl sites for hydroxylation is 1. The van der Waals surface area contributed by atoms with Gasteiger partial charge in [0.2, 0.25) is 0 Å². The van der Waals surface area contributed by atoms with E-state index in [1.54, 1.807) is 25.3 Å². The summed E-state index contributed by atoms with van der Waals surface area (Å²) in [5, 5.41) is 3.20. The Kier molecular flexibility index (Phi) is 5.47. The van der Waals surface area contributed by atoms with Gasteiger partial charge in [-0.2, -0.15) is 0 Å². The maximum absolute atomic E-state index is 12.8. The smallest absolute Gasteiger partial charge is 0.252 e. The molecule has 0 aliphatic heterocycles. The third kappa shape index (κ3) is 3.99. The van der Waals surface area contributed by atoms with Gasteiger partial charge in [0.1, 0.15) is 0 Å². The van der Waals surface area contributed by atoms with E-state index in [1.807, 2.05) is 6.07 Å². The van der Waals surface area contributed by atoms with Gasteiger partial charge in [0.15, 0.2) is 11.5 Å². The molecule has 138 valence electrons. The second kappa shape index (κ2) is 7.79. The quantitative estimate of drug-likeness (QED) is 0.714. The van der Waals surface area contributed by atoms with Crippen LogP contribution in [0.1, 0.15) is 40.7 Å². The number of benzene rings is 2. The number of carbonyl (C=O) groups excluding carboxylic acids is 1. The van der Waals surface area contributed by atoms with Gasteiger partial charge in [0.25, 0.3) is 5.91 Å². The van der Waals surface area contributed by atoms with Crippen LogP contribution < -0.4 is 20.5 Å². The molecule has 3 N–H and O–H groups in total. The monoisotopic (exact) mass is 354 g/mol. The van der Waals surface area contributed by atoms with Gasteiger partial charge in [-0.25, -0.2) is 0 Å². The number of amides is 1. The molecule has 0 radical (unpaired) electrons. The van der Waals surface area contributed by atoms with Crippen LogP contribution in [0, 0.1) is 6.92 Å². The van der Waals surface area contributed by atoms with Crippen molar-refractivity contribution in [2.75, 3.05) is 20.3 Å². The number of rotatable bonds is 8. The molecular weight excluding hydrogens is 328 g/mol. The molecule has 3 rings (SSSR count). The predicted octanol–water partition coefficient (Wildman–Crippen LogP) is 3.15. The first kappa shape index (κ1) is 18.3. The van der Waals surface area contributed by atoms with Crippen molar-refractivity contribution in [3.63, 3.8) is 0 Å². The zero-order chi connectivity index (χ0) is 18.6. The Morgan fingerprint density at radius 1 is 1.19 bits per heavy atom. The highest BCUT2D eigenvalue weighted by atomic mass is 16.5. The molecule has 0 saturated heterocycles. The molecular formula is C21H26N2O3. The Morgan fingerprint density at radius 3 is 2.65 bits per heavy atom. The number of nitrogens with two attached hydrogens (primary N) is 1. The van der Waals surface area contributed by atoms with Gasteiger partial charge in [0.05, 0.1) is 19.3 Å². The lowest BCUT2D eigenvalue weighted by atomic mass is 10.0. The predicted molar refractivity (Wildman–Crippen MR) is 102 cm³/mol. The Labute approximate surface area is 154 Å². The van der Waals surface area contributed by atoms with Crippen molar-refractivity contribution in [3.8, 4) is 11.5 Å². The molecule has 2 aromatic carbocycles. The lowest BCUT2D eigenvalue weighted by Gasteiger charge is -2.19. The summed E-state index contributed by atoms with van der Waals surface area (Å²) in [6.07, 6.45) is 2.66. The van der Waals surface area contributed by atoms with E-state index in [-0.39, 0.29) is 11.4 Å². The Bertz CT molecular complexity index is 785. The molecule has 26 heavy (non-hydrogen) atoms. The van der Waals surface area contributed by atoms with Crippen LogP contribution >= 0.6 is 0 Å². The fraction of sp³-hybridized carbons (Fsp3) is 0.381. The molecule has 0 bridgehead atoms. The molecule has 5 nitrogen and oxygen atoms in total. The molecule has 2 aromatic rings. The summed E-state index contributed by atoms with van der Waals surface area (Å²) in [6.45, 7) is 3.11. The SMILES string of the molecule is COc1ccc(C(=O)NC2(c3cccc(C)c3)CC2)cc1OCCCN. The van der Waals surface area contributed by atoms with E-state index < -0.39 is 0 Å². The zero-order valence-electron chi connectivity index (χ0n) is 15.4. The topological polar surface area (TPSA) is 73.6 Å². The van der Waals surface area contributed by atoms with E-state index in [0.717, 1.165) is 19.3 Å². The first-order valence-electron chi connectivity index (χ1n) is 8.98. The number of carbonyl (C=O) groups is 1. The summed E-state index contributed by atoms with van der Waals surface area (Å²) in [5.74, 6) is 1.07. The van der Waals surface area contributed by atoms with Crippen LogP contribution in [-0.4, -0.2) is 26.2 Å². The molecule has 1 saturated carbocycles. The minimum Gasteiger partial charge on any atom is -0.493 e. The molecule has 0 unspecified atom stereocenters. The van der Waals surface area contributed by atoms with Gasteiger partial charge in [-0.1, -0.05) is 29.8 Å². The first-order chi connectivity index (χ1) is 12.6. The highest BCUT2D eigenvalue weighted by molar-refractivity contribution is 5.95. The molecule has 1 aliphatic rings. The third-order valence-electron chi connectivity index (χ3n) is 4.71. The largest absolute Gasteiger partial charge is 0.493 e. The maximum Gasteiger partial charge on any atom is 0.252 e. The first-order valence-corrected chi connectivity index (χ1v) is 8.98. The fourth-order valence-corrected chi connectivity index (χ4v) is 3.04. The van der Waals surface area contributed by atoms with Crippen LogP contribution in [0.15, 0.2) is 42.5 Å². The number of hydrogen-bond acceptors (Lipinski definition) is 4. The van der Waals surface area contributed by atoms with E-state index >= 15 is 0 Å². The fourth-order valence-electron chi connectivity index (χ4n) is 3.04. The summed E-state index contributed by atoms with van der Waals surface area (Å²) in [7, 11) is 1.59. The van der Waals surface area contributed by atoms with E-state index in [0.29, 0.717) is 30.2 Å². The number of hydrogen-bond donors (Lipinski definition) is 2. The van der Waals surface area contributed by atoms with Crippen molar-refractivity contribution in [2.45, 2.75) is 31.7 Å². The molecule has 1 aliphatic carbocycles. The van der Waals surface area contributed by atoms with E-state index in [2.05, 4.69) is 30.4 Å². The van der Waals surface area contributed by atoms with Crippen molar-refractivity contribution >= 4 is 5.91 Å². The van der Waals surface area contributed by atoms with Crippen molar-refractivity contribution in [2.24, 2.45) is 5.73 Å². The average Bonchev–Trinajstić information content (AvgIpc) is 3.42. The van der Waals surface area contributed by atoms with Crippen LogP contribution in [0.4, 0.5) is 0 Å². The van der Waals surface area contributed by atoms with Crippen molar-refractivity contribution < 1.29 is 14.3 Å². The number of methoxy groups -OCH3 is 1.